The molecule has 0 aromatic heterocycles. The number of rotatable bonds is 3. The molecular formula is C11H22N2. The topological polar surface area (TPSA) is 15.3 Å². The molecular weight excluding hydrogens is 160 g/mol. The molecule has 13 heavy (non-hydrogen) atoms. The molecule has 1 saturated heterocycles. The van der Waals surface area contributed by atoms with Gasteiger partial charge in [-0.05, 0) is 12.8 Å². The minimum Gasteiger partial charge on any atom is -0.314 e. The van der Waals surface area contributed by atoms with Crippen LogP contribution in [0.3, 0.4) is 0 Å². The van der Waals surface area contributed by atoms with E-state index in [1.807, 2.05) is 0 Å². The highest BCUT2D eigenvalue weighted by Gasteiger charge is 2.24. The Labute approximate surface area is 82.0 Å². The summed E-state index contributed by atoms with van der Waals surface area (Å²) in [6.07, 6.45) is 0. The minimum atomic E-state index is 0.686. The normalized spacial score (nSPS) is 25.1. The van der Waals surface area contributed by atoms with E-state index in [-0.39, 0.29) is 0 Å². The highest BCUT2D eigenvalue weighted by Crippen LogP contribution is 2.13. The Morgan fingerprint density at radius 3 is 2.85 bits per heavy atom. The molecule has 0 bridgehead atoms. The lowest BCUT2D eigenvalue weighted by molar-refractivity contribution is 0.136. The number of hydrogen-bond donors (Lipinski definition) is 1. The molecule has 1 aliphatic rings. The Morgan fingerprint density at radius 2 is 2.31 bits per heavy atom. The maximum absolute atomic E-state index is 3.98. The van der Waals surface area contributed by atoms with E-state index in [1.165, 1.54) is 5.57 Å². The van der Waals surface area contributed by atoms with Crippen molar-refractivity contribution in [2.75, 3.05) is 26.2 Å². The molecule has 0 aromatic carbocycles. The summed E-state index contributed by atoms with van der Waals surface area (Å²) in [5.74, 6) is 0.729. The quantitative estimate of drug-likeness (QED) is 0.665. The lowest BCUT2D eigenvalue weighted by Crippen LogP contribution is -2.53. The summed E-state index contributed by atoms with van der Waals surface area (Å²) in [4.78, 5) is 2.55. The van der Waals surface area contributed by atoms with Crippen LogP contribution in [0.25, 0.3) is 0 Å². The zero-order valence-corrected chi connectivity index (χ0v) is 9.14. The third kappa shape index (κ3) is 3.12. The summed E-state index contributed by atoms with van der Waals surface area (Å²) in [6, 6.07) is 0.686. The van der Waals surface area contributed by atoms with E-state index >= 15 is 0 Å². The average molecular weight is 182 g/mol. The first-order valence-corrected chi connectivity index (χ1v) is 5.20. The van der Waals surface area contributed by atoms with Crippen LogP contribution in [0.1, 0.15) is 20.8 Å². The molecule has 0 amide bonds. The van der Waals surface area contributed by atoms with Gasteiger partial charge in [-0.1, -0.05) is 26.0 Å². The molecule has 0 spiro atoms. The van der Waals surface area contributed by atoms with Crippen LogP contribution >= 0.6 is 0 Å². The largest absolute Gasteiger partial charge is 0.314 e. The highest BCUT2D eigenvalue weighted by molar-refractivity contribution is 4.95. The van der Waals surface area contributed by atoms with E-state index in [2.05, 4.69) is 37.6 Å². The van der Waals surface area contributed by atoms with Crippen molar-refractivity contribution in [1.82, 2.24) is 10.2 Å². The van der Waals surface area contributed by atoms with Gasteiger partial charge in [0.05, 0.1) is 0 Å². The van der Waals surface area contributed by atoms with Gasteiger partial charge in [0, 0.05) is 32.2 Å². The molecule has 2 nitrogen and oxygen atoms in total. The molecule has 0 aromatic rings. The SMILES string of the molecule is C=C(C)CN1CCNCC1C(C)C. The lowest BCUT2D eigenvalue weighted by atomic mass is 10.00. The van der Waals surface area contributed by atoms with Gasteiger partial charge in [0.2, 0.25) is 0 Å². The first-order valence-electron chi connectivity index (χ1n) is 5.20. The summed E-state index contributed by atoms with van der Waals surface area (Å²) >= 11 is 0. The summed E-state index contributed by atoms with van der Waals surface area (Å²) in [7, 11) is 0. The van der Waals surface area contributed by atoms with Crippen LogP contribution in [-0.4, -0.2) is 37.1 Å². The maximum atomic E-state index is 3.98. The maximum Gasteiger partial charge on any atom is 0.0247 e. The van der Waals surface area contributed by atoms with E-state index < -0.39 is 0 Å². The van der Waals surface area contributed by atoms with Gasteiger partial charge in [0.1, 0.15) is 0 Å². The second kappa shape index (κ2) is 4.77. The fourth-order valence-corrected chi connectivity index (χ4v) is 1.97. The van der Waals surface area contributed by atoms with Gasteiger partial charge in [-0.3, -0.25) is 4.90 Å². The predicted molar refractivity (Wildman–Crippen MR) is 57.9 cm³/mol. The van der Waals surface area contributed by atoms with Gasteiger partial charge in [0.15, 0.2) is 0 Å². The Morgan fingerprint density at radius 1 is 1.62 bits per heavy atom. The molecule has 1 aliphatic heterocycles. The van der Waals surface area contributed by atoms with E-state index in [0.717, 1.165) is 32.1 Å². The Balaban J connectivity index is 2.51. The van der Waals surface area contributed by atoms with Gasteiger partial charge < -0.3 is 5.32 Å². The minimum absolute atomic E-state index is 0.686. The molecule has 1 unspecified atom stereocenters. The fourth-order valence-electron chi connectivity index (χ4n) is 1.97. The summed E-state index contributed by atoms with van der Waals surface area (Å²) < 4.78 is 0. The Kier molecular flexibility index (Phi) is 3.94. The van der Waals surface area contributed by atoms with E-state index in [1.54, 1.807) is 0 Å². The molecule has 1 rings (SSSR count). The second-order valence-corrected chi connectivity index (χ2v) is 4.44. The third-order valence-electron chi connectivity index (χ3n) is 2.64. The van der Waals surface area contributed by atoms with Crippen molar-refractivity contribution in [1.29, 1.82) is 0 Å². The van der Waals surface area contributed by atoms with E-state index in [9.17, 15) is 0 Å². The number of nitrogens with one attached hydrogen (secondary N) is 1. The predicted octanol–water partition coefficient (Wildman–Crippen LogP) is 1.49. The van der Waals surface area contributed by atoms with Crippen LogP contribution in [0.5, 0.6) is 0 Å². The van der Waals surface area contributed by atoms with Gasteiger partial charge in [0.25, 0.3) is 0 Å². The first kappa shape index (κ1) is 10.7. The van der Waals surface area contributed by atoms with Crippen molar-refractivity contribution >= 4 is 0 Å². The van der Waals surface area contributed by atoms with Gasteiger partial charge in [-0.25, -0.2) is 0 Å². The number of hydrogen-bond acceptors (Lipinski definition) is 2. The summed E-state index contributed by atoms with van der Waals surface area (Å²) in [6.45, 7) is 15.2. The monoisotopic (exact) mass is 182 g/mol. The van der Waals surface area contributed by atoms with E-state index in [4.69, 9.17) is 0 Å². The molecule has 1 N–H and O–H groups in total. The first-order chi connectivity index (χ1) is 6.11. The van der Waals surface area contributed by atoms with Crippen molar-refractivity contribution in [3.63, 3.8) is 0 Å². The number of piperazine rings is 1. The Hall–Kier alpha value is -0.340. The summed E-state index contributed by atoms with van der Waals surface area (Å²) in [5.41, 5.74) is 1.27. The van der Waals surface area contributed by atoms with Crippen LogP contribution in [0.4, 0.5) is 0 Å². The smallest absolute Gasteiger partial charge is 0.0247 e. The highest BCUT2D eigenvalue weighted by atomic mass is 15.2. The van der Waals surface area contributed by atoms with Crippen molar-refractivity contribution in [3.8, 4) is 0 Å². The van der Waals surface area contributed by atoms with Crippen LogP contribution < -0.4 is 5.32 Å². The average Bonchev–Trinajstić information content (AvgIpc) is 2.03. The van der Waals surface area contributed by atoms with Crippen molar-refractivity contribution in [2.45, 2.75) is 26.8 Å². The van der Waals surface area contributed by atoms with Gasteiger partial charge in [-0.2, -0.15) is 0 Å². The standard InChI is InChI=1S/C11H22N2/c1-9(2)8-13-6-5-12-7-11(13)10(3)4/h10-12H,1,5-8H2,2-4H3. The molecule has 76 valence electrons. The molecule has 1 fully saturated rings. The molecule has 0 radical (unpaired) electrons. The van der Waals surface area contributed by atoms with Crippen LogP contribution in [-0.2, 0) is 0 Å². The number of nitrogens with zero attached hydrogens (tertiary/aromatic N) is 1. The van der Waals surface area contributed by atoms with Crippen LogP contribution in [0, 0.1) is 5.92 Å². The molecule has 1 heterocycles. The van der Waals surface area contributed by atoms with Crippen LogP contribution in [0.2, 0.25) is 0 Å². The zero-order valence-electron chi connectivity index (χ0n) is 9.14. The van der Waals surface area contributed by atoms with Crippen LogP contribution in [0.15, 0.2) is 12.2 Å². The molecule has 0 saturated carbocycles. The van der Waals surface area contributed by atoms with Crippen molar-refractivity contribution in [2.24, 2.45) is 5.92 Å². The molecule has 0 aliphatic carbocycles. The van der Waals surface area contributed by atoms with Gasteiger partial charge >= 0.3 is 0 Å². The van der Waals surface area contributed by atoms with E-state index in [0.29, 0.717) is 6.04 Å². The van der Waals surface area contributed by atoms with Crippen molar-refractivity contribution in [3.05, 3.63) is 12.2 Å². The third-order valence-corrected chi connectivity index (χ3v) is 2.64. The molecule has 2 heteroatoms. The second-order valence-electron chi connectivity index (χ2n) is 4.44. The fraction of sp³-hybridized carbons (Fsp3) is 0.818. The Bertz CT molecular complexity index is 175. The van der Waals surface area contributed by atoms with Gasteiger partial charge in [-0.15, -0.1) is 0 Å². The lowest BCUT2D eigenvalue weighted by Gasteiger charge is -2.38. The van der Waals surface area contributed by atoms with Crippen molar-refractivity contribution < 1.29 is 0 Å². The zero-order chi connectivity index (χ0) is 9.84. The summed E-state index contributed by atoms with van der Waals surface area (Å²) in [5, 5.41) is 3.45. The molecule has 1 atom stereocenters.